The summed E-state index contributed by atoms with van der Waals surface area (Å²) < 4.78 is 1.92. The van der Waals surface area contributed by atoms with Crippen molar-refractivity contribution in [1.29, 1.82) is 0 Å². The number of halogens is 1. The number of aryl methyl sites for hydroxylation is 1. The van der Waals surface area contributed by atoms with Crippen molar-refractivity contribution in [2.45, 2.75) is 45.6 Å². The number of carbonyl (C=O) groups excluding carboxylic acids is 1. The van der Waals surface area contributed by atoms with Gasteiger partial charge >= 0.3 is 0 Å². The van der Waals surface area contributed by atoms with Gasteiger partial charge in [-0.25, -0.2) is 4.68 Å². The summed E-state index contributed by atoms with van der Waals surface area (Å²) in [7, 11) is 0. The van der Waals surface area contributed by atoms with Crippen molar-refractivity contribution in [2.75, 3.05) is 19.6 Å². The molecule has 2 heterocycles. The summed E-state index contributed by atoms with van der Waals surface area (Å²) in [6.07, 6.45) is 3.91. The predicted octanol–water partition coefficient (Wildman–Crippen LogP) is 2.47. The van der Waals surface area contributed by atoms with Crippen LogP contribution in [0.4, 0.5) is 0 Å². The molecule has 0 saturated carbocycles. The molecule has 0 unspecified atom stereocenters. The number of rotatable bonds is 6. The molecule has 2 aromatic rings. The molecule has 2 N–H and O–H groups in total. The van der Waals surface area contributed by atoms with E-state index in [1.54, 1.807) is 0 Å². The van der Waals surface area contributed by atoms with E-state index in [1.165, 1.54) is 11.1 Å². The molecular weight excluding hydrogens is 350 g/mol. The summed E-state index contributed by atoms with van der Waals surface area (Å²) >= 11 is 0. The van der Waals surface area contributed by atoms with Crippen molar-refractivity contribution < 1.29 is 4.79 Å². The van der Waals surface area contributed by atoms with Gasteiger partial charge in [0.1, 0.15) is 0 Å². The molecule has 142 valence electrons. The highest BCUT2D eigenvalue weighted by Gasteiger charge is 2.22. The second-order valence-electron chi connectivity index (χ2n) is 6.63. The highest BCUT2D eigenvalue weighted by Crippen LogP contribution is 2.20. The van der Waals surface area contributed by atoms with E-state index >= 15 is 0 Å². The fourth-order valence-electron chi connectivity index (χ4n) is 3.29. The highest BCUT2D eigenvalue weighted by molar-refractivity contribution is 5.93. The predicted molar refractivity (Wildman–Crippen MR) is 105 cm³/mol. The van der Waals surface area contributed by atoms with Crippen LogP contribution in [0.1, 0.15) is 53.1 Å². The Morgan fingerprint density at radius 2 is 1.88 bits per heavy atom. The molecule has 1 aliphatic heterocycles. The molecule has 0 atom stereocenters. The third kappa shape index (κ3) is 4.83. The standard InChI is InChI=1S/C19H27N5O.ClH/c1-3-15-4-6-16(7-5-15)8-13-21-19(25)18-14(2)24(23-22-18)17-9-11-20-12-10-17;/h4-7,17,20H,3,8-13H2,1-2H3,(H,21,25);1H. The average Bonchev–Trinajstić information content (AvgIpc) is 3.04. The van der Waals surface area contributed by atoms with Crippen LogP contribution in [0.2, 0.25) is 0 Å². The van der Waals surface area contributed by atoms with E-state index in [-0.39, 0.29) is 18.3 Å². The molecule has 26 heavy (non-hydrogen) atoms. The second-order valence-corrected chi connectivity index (χ2v) is 6.63. The van der Waals surface area contributed by atoms with Crippen molar-refractivity contribution in [3.05, 3.63) is 46.8 Å². The van der Waals surface area contributed by atoms with Gasteiger partial charge in [-0.3, -0.25) is 4.79 Å². The van der Waals surface area contributed by atoms with Gasteiger partial charge in [-0.2, -0.15) is 0 Å². The third-order valence-electron chi connectivity index (χ3n) is 4.93. The number of hydrogen-bond acceptors (Lipinski definition) is 4. The van der Waals surface area contributed by atoms with Crippen LogP contribution in [0.15, 0.2) is 24.3 Å². The van der Waals surface area contributed by atoms with Crippen LogP contribution in [0, 0.1) is 6.92 Å². The first-order chi connectivity index (χ1) is 12.2. The Kier molecular flexibility index (Phi) is 7.60. The Labute approximate surface area is 161 Å². The van der Waals surface area contributed by atoms with Crippen molar-refractivity contribution in [3.8, 4) is 0 Å². The van der Waals surface area contributed by atoms with Gasteiger partial charge in [0.25, 0.3) is 5.91 Å². The zero-order chi connectivity index (χ0) is 17.6. The summed E-state index contributed by atoms with van der Waals surface area (Å²) in [5.41, 5.74) is 3.86. The summed E-state index contributed by atoms with van der Waals surface area (Å²) in [5, 5.41) is 14.7. The first kappa shape index (κ1) is 20.4. The van der Waals surface area contributed by atoms with Gasteiger partial charge in [-0.05, 0) is 56.8 Å². The third-order valence-corrected chi connectivity index (χ3v) is 4.93. The van der Waals surface area contributed by atoms with Crippen molar-refractivity contribution in [1.82, 2.24) is 25.6 Å². The lowest BCUT2D eigenvalue weighted by molar-refractivity contribution is 0.0948. The zero-order valence-electron chi connectivity index (χ0n) is 15.5. The lowest BCUT2D eigenvalue weighted by Crippen LogP contribution is -2.30. The van der Waals surface area contributed by atoms with Gasteiger partial charge < -0.3 is 10.6 Å². The molecule has 1 aliphatic rings. The molecule has 1 amide bonds. The fourth-order valence-corrected chi connectivity index (χ4v) is 3.29. The molecule has 1 aromatic heterocycles. The molecule has 7 heteroatoms. The summed E-state index contributed by atoms with van der Waals surface area (Å²) in [6.45, 7) is 6.66. The topological polar surface area (TPSA) is 71.8 Å². The number of nitrogens with one attached hydrogen (secondary N) is 2. The number of carbonyl (C=O) groups is 1. The summed E-state index contributed by atoms with van der Waals surface area (Å²) in [6, 6.07) is 8.89. The van der Waals surface area contributed by atoms with Crippen LogP contribution in [0.25, 0.3) is 0 Å². The largest absolute Gasteiger partial charge is 0.350 e. The minimum Gasteiger partial charge on any atom is -0.350 e. The van der Waals surface area contributed by atoms with Crippen molar-refractivity contribution in [2.24, 2.45) is 0 Å². The van der Waals surface area contributed by atoms with Gasteiger partial charge in [0.05, 0.1) is 11.7 Å². The van der Waals surface area contributed by atoms with Gasteiger partial charge in [0, 0.05) is 6.54 Å². The molecule has 1 aromatic carbocycles. The maximum Gasteiger partial charge on any atom is 0.273 e. The molecule has 0 bridgehead atoms. The van der Waals surface area contributed by atoms with Gasteiger partial charge in [0.15, 0.2) is 5.69 Å². The maximum atomic E-state index is 12.4. The molecule has 0 aliphatic carbocycles. The van der Waals surface area contributed by atoms with Crippen LogP contribution in [0.5, 0.6) is 0 Å². The minimum atomic E-state index is -0.136. The number of hydrogen-bond donors (Lipinski definition) is 2. The quantitative estimate of drug-likeness (QED) is 0.811. The molecule has 0 radical (unpaired) electrons. The van der Waals surface area contributed by atoms with E-state index in [0.717, 1.165) is 44.5 Å². The van der Waals surface area contributed by atoms with Crippen LogP contribution >= 0.6 is 12.4 Å². The number of benzene rings is 1. The Balaban J connectivity index is 0.00000243. The Bertz CT molecular complexity index is 707. The number of piperidine rings is 1. The summed E-state index contributed by atoms with van der Waals surface area (Å²) in [5.74, 6) is -0.136. The maximum absolute atomic E-state index is 12.4. The number of nitrogens with zero attached hydrogens (tertiary/aromatic N) is 3. The van der Waals surface area contributed by atoms with E-state index in [0.29, 0.717) is 18.3 Å². The van der Waals surface area contributed by atoms with E-state index in [2.05, 4.69) is 52.1 Å². The Morgan fingerprint density at radius 3 is 2.54 bits per heavy atom. The first-order valence-corrected chi connectivity index (χ1v) is 9.17. The lowest BCUT2D eigenvalue weighted by Gasteiger charge is -2.23. The monoisotopic (exact) mass is 377 g/mol. The van der Waals surface area contributed by atoms with Gasteiger partial charge in [-0.15, -0.1) is 17.5 Å². The average molecular weight is 378 g/mol. The van der Waals surface area contributed by atoms with Crippen LogP contribution in [-0.2, 0) is 12.8 Å². The summed E-state index contributed by atoms with van der Waals surface area (Å²) in [4.78, 5) is 12.4. The van der Waals surface area contributed by atoms with Gasteiger partial charge in [0.2, 0.25) is 0 Å². The zero-order valence-corrected chi connectivity index (χ0v) is 16.3. The number of amides is 1. The van der Waals surface area contributed by atoms with E-state index in [4.69, 9.17) is 0 Å². The fraction of sp³-hybridized carbons (Fsp3) is 0.526. The van der Waals surface area contributed by atoms with Crippen molar-refractivity contribution in [3.63, 3.8) is 0 Å². The molecule has 6 nitrogen and oxygen atoms in total. The molecule has 0 spiro atoms. The first-order valence-electron chi connectivity index (χ1n) is 9.17. The van der Waals surface area contributed by atoms with Gasteiger partial charge in [-0.1, -0.05) is 36.4 Å². The lowest BCUT2D eigenvalue weighted by atomic mass is 10.1. The molecule has 1 saturated heterocycles. The van der Waals surface area contributed by atoms with Crippen LogP contribution < -0.4 is 10.6 Å². The Hall–Kier alpha value is -1.92. The molecule has 1 fully saturated rings. The normalized spacial score (nSPS) is 14.7. The Morgan fingerprint density at radius 1 is 1.23 bits per heavy atom. The highest BCUT2D eigenvalue weighted by atomic mass is 35.5. The van der Waals surface area contributed by atoms with E-state index < -0.39 is 0 Å². The van der Waals surface area contributed by atoms with Crippen LogP contribution in [0.3, 0.4) is 0 Å². The van der Waals surface area contributed by atoms with E-state index in [9.17, 15) is 4.79 Å². The minimum absolute atomic E-state index is 0. The van der Waals surface area contributed by atoms with Crippen molar-refractivity contribution >= 4 is 18.3 Å². The SMILES string of the molecule is CCc1ccc(CCNC(=O)c2nnn(C3CCNCC3)c2C)cc1.Cl. The van der Waals surface area contributed by atoms with Crippen LogP contribution in [-0.4, -0.2) is 40.5 Å². The molecular formula is C19H28ClN5O. The molecule has 3 rings (SSSR count). The van der Waals surface area contributed by atoms with E-state index in [1.807, 2.05) is 11.6 Å². The number of aromatic nitrogens is 3. The second kappa shape index (κ2) is 9.69. The smallest absolute Gasteiger partial charge is 0.273 e.